The summed E-state index contributed by atoms with van der Waals surface area (Å²) in [6, 6.07) is 19.7. The van der Waals surface area contributed by atoms with Crippen molar-refractivity contribution in [1.82, 2.24) is 39.7 Å². The zero-order chi connectivity index (χ0) is 29.9. The van der Waals surface area contributed by atoms with Crippen molar-refractivity contribution in [3.05, 3.63) is 83.9 Å². The van der Waals surface area contributed by atoms with Crippen LogP contribution in [0.25, 0.3) is 11.2 Å². The summed E-state index contributed by atoms with van der Waals surface area (Å²) in [5.41, 5.74) is 2.95. The Hall–Kier alpha value is -4.50. The van der Waals surface area contributed by atoms with Gasteiger partial charge in [-0.15, -0.1) is 10.2 Å². The summed E-state index contributed by atoms with van der Waals surface area (Å²) in [6.45, 7) is 4.51. The molecule has 14 nitrogen and oxygen atoms in total. The zero-order valence-electron chi connectivity index (χ0n) is 23.8. The van der Waals surface area contributed by atoms with E-state index in [1.807, 2.05) is 74.5 Å². The van der Waals surface area contributed by atoms with Crippen molar-refractivity contribution in [2.24, 2.45) is 0 Å². The van der Waals surface area contributed by atoms with Crippen LogP contribution in [-0.4, -0.2) is 80.5 Å². The van der Waals surface area contributed by atoms with E-state index in [0.717, 1.165) is 11.1 Å². The minimum atomic E-state index is -1.33. The van der Waals surface area contributed by atoms with Gasteiger partial charge in [0.2, 0.25) is 11.8 Å². The number of benzene rings is 2. The predicted octanol–water partition coefficient (Wildman–Crippen LogP) is 2.00. The van der Waals surface area contributed by atoms with Gasteiger partial charge in [-0.2, -0.15) is 14.8 Å². The lowest BCUT2D eigenvalue weighted by molar-refractivity contribution is -0.0384. The van der Waals surface area contributed by atoms with Crippen LogP contribution in [0.2, 0.25) is 0 Å². The maximum Gasteiger partial charge on any atom is 0.231 e. The SMILES string of the molecule is CCn1nnc([C@H]2O[C@@H](n3cnc4c(NC(C)c5ccccc5)nc(N(CO)CCc5ccccc5)nc43)[C@H](O)[C@@H]2O)n1. The lowest BCUT2D eigenvalue weighted by atomic mass is 10.1. The minimum absolute atomic E-state index is 0.129. The summed E-state index contributed by atoms with van der Waals surface area (Å²) < 4.78 is 7.66. The smallest absolute Gasteiger partial charge is 0.231 e. The highest BCUT2D eigenvalue weighted by Gasteiger charge is 2.47. The van der Waals surface area contributed by atoms with E-state index in [9.17, 15) is 15.3 Å². The van der Waals surface area contributed by atoms with E-state index in [1.54, 1.807) is 9.47 Å². The zero-order valence-corrected chi connectivity index (χ0v) is 23.8. The van der Waals surface area contributed by atoms with E-state index < -0.39 is 24.5 Å². The predicted molar refractivity (Wildman–Crippen MR) is 157 cm³/mol. The van der Waals surface area contributed by atoms with Gasteiger partial charge in [0, 0.05) is 6.54 Å². The van der Waals surface area contributed by atoms with Gasteiger partial charge in [0.1, 0.15) is 18.9 Å². The van der Waals surface area contributed by atoms with Gasteiger partial charge >= 0.3 is 0 Å². The lowest BCUT2D eigenvalue weighted by Crippen LogP contribution is -2.30. The van der Waals surface area contributed by atoms with Gasteiger partial charge in [-0.1, -0.05) is 60.7 Å². The van der Waals surface area contributed by atoms with Crippen LogP contribution in [0.4, 0.5) is 11.8 Å². The molecule has 5 aromatic rings. The minimum Gasteiger partial charge on any atom is -0.387 e. The van der Waals surface area contributed by atoms with Crippen molar-refractivity contribution >= 4 is 22.9 Å². The lowest BCUT2D eigenvalue weighted by Gasteiger charge is -2.23. The molecule has 43 heavy (non-hydrogen) atoms. The first-order valence-corrected chi connectivity index (χ1v) is 14.2. The van der Waals surface area contributed by atoms with Crippen LogP contribution < -0.4 is 10.2 Å². The average Bonchev–Trinajstić information content (AvgIpc) is 3.76. The Labute approximate surface area is 247 Å². The van der Waals surface area contributed by atoms with E-state index in [2.05, 4.69) is 25.7 Å². The molecule has 0 spiro atoms. The maximum atomic E-state index is 11.1. The van der Waals surface area contributed by atoms with Crippen molar-refractivity contribution in [1.29, 1.82) is 0 Å². The first kappa shape index (κ1) is 28.6. The molecule has 6 rings (SSSR count). The highest BCUT2D eigenvalue weighted by molar-refractivity contribution is 5.84. The van der Waals surface area contributed by atoms with Gasteiger partial charge in [-0.25, -0.2) is 4.98 Å². The molecule has 4 N–H and O–H groups in total. The van der Waals surface area contributed by atoms with Crippen LogP contribution in [0.3, 0.4) is 0 Å². The molecular weight excluding hydrogens is 552 g/mol. The fraction of sp³-hybridized carbons (Fsp3) is 0.379. The van der Waals surface area contributed by atoms with Crippen molar-refractivity contribution < 1.29 is 20.1 Å². The summed E-state index contributed by atoms with van der Waals surface area (Å²) in [5, 5.41) is 47.9. The van der Waals surface area contributed by atoms with Crippen LogP contribution >= 0.6 is 0 Å². The molecule has 0 bridgehead atoms. The molecule has 0 amide bonds. The molecule has 224 valence electrons. The Morgan fingerprint density at radius 3 is 2.47 bits per heavy atom. The molecule has 1 unspecified atom stereocenters. The number of fused-ring (bicyclic) bond motifs is 1. The number of hydrogen-bond acceptors (Lipinski definition) is 12. The molecule has 1 saturated heterocycles. The molecule has 1 aliphatic rings. The molecule has 4 heterocycles. The number of anilines is 2. The Bertz CT molecular complexity index is 1650. The second-order valence-corrected chi connectivity index (χ2v) is 10.4. The number of nitrogens with zero attached hydrogens (tertiary/aromatic N) is 9. The highest BCUT2D eigenvalue weighted by atomic mass is 16.6. The Morgan fingerprint density at radius 2 is 1.77 bits per heavy atom. The van der Waals surface area contributed by atoms with Crippen molar-refractivity contribution in [3.63, 3.8) is 0 Å². The molecule has 1 aliphatic heterocycles. The summed E-state index contributed by atoms with van der Waals surface area (Å²) in [5.74, 6) is 0.889. The summed E-state index contributed by atoms with van der Waals surface area (Å²) in [4.78, 5) is 17.2. The molecule has 1 fully saturated rings. The maximum absolute atomic E-state index is 11.1. The number of aliphatic hydroxyl groups is 3. The van der Waals surface area contributed by atoms with Crippen molar-refractivity contribution in [3.8, 4) is 0 Å². The molecule has 0 radical (unpaired) electrons. The van der Waals surface area contributed by atoms with Crippen LogP contribution in [-0.2, 0) is 17.7 Å². The third kappa shape index (κ3) is 5.77. The molecule has 14 heteroatoms. The Kier molecular flexibility index (Phi) is 8.24. The van der Waals surface area contributed by atoms with Crippen LogP contribution in [0.15, 0.2) is 67.0 Å². The first-order chi connectivity index (χ1) is 21.0. The number of hydrogen-bond donors (Lipinski definition) is 4. The molecule has 2 aromatic carbocycles. The summed E-state index contributed by atoms with van der Waals surface area (Å²) in [7, 11) is 0. The van der Waals surface area contributed by atoms with Crippen LogP contribution in [0.5, 0.6) is 0 Å². The second-order valence-electron chi connectivity index (χ2n) is 10.4. The molecule has 3 aromatic heterocycles. The Balaban J connectivity index is 1.37. The Morgan fingerprint density at radius 1 is 1.02 bits per heavy atom. The van der Waals surface area contributed by atoms with E-state index in [0.29, 0.717) is 36.5 Å². The largest absolute Gasteiger partial charge is 0.387 e. The molecule has 0 saturated carbocycles. The fourth-order valence-electron chi connectivity index (χ4n) is 5.11. The second kappa shape index (κ2) is 12.4. The quantitative estimate of drug-likeness (QED) is 0.166. The highest BCUT2D eigenvalue weighted by Crippen LogP contribution is 2.39. The summed E-state index contributed by atoms with van der Waals surface area (Å²) >= 11 is 0. The number of aromatic nitrogens is 8. The topological polar surface area (TPSA) is 172 Å². The number of rotatable bonds is 11. The molecular formula is C29H34N10O4. The average molecular weight is 587 g/mol. The number of nitrogens with one attached hydrogen (secondary N) is 1. The van der Waals surface area contributed by atoms with Gasteiger partial charge in [-0.3, -0.25) is 4.57 Å². The van der Waals surface area contributed by atoms with Gasteiger partial charge in [0.05, 0.1) is 18.9 Å². The van der Waals surface area contributed by atoms with E-state index in [-0.39, 0.29) is 24.5 Å². The number of aryl methyl sites for hydroxylation is 1. The molecule has 0 aliphatic carbocycles. The first-order valence-electron chi connectivity index (χ1n) is 14.2. The fourth-order valence-corrected chi connectivity index (χ4v) is 5.11. The van der Waals surface area contributed by atoms with Gasteiger partial charge < -0.3 is 30.3 Å². The number of tetrazole rings is 1. The van der Waals surface area contributed by atoms with E-state index >= 15 is 0 Å². The monoisotopic (exact) mass is 586 g/mol. The normalized spacial score (nSPS) is 20.9. The third-order valence-corrected chi connectivity index (χ3v) is 7.55. The van der Waals surface area contributed by atoms with Gasteiger partial charge in [-0.05, 0) is 36.6 Å². The van der Waals surface area contributed by atoms with Crippen LogP contribution in [0, 0.1) is 0 Å². The third-order valence-electron chi connectivity index (χ3n) is 7.55. The van der Waals surface area contributed by atoms with E-state index in [1.165, 1.54) is 11.1 Å². The van der Waals surface area contributed by atoms with Crippen molar-refractivity contribution in [2.75, 3.05) is 23.5 Å². The standard InChI is InChI=1S/C29H34N10O4/c1-3-39-35-26(34-36-39)24-22(41)23(42)28(43-24)38-16-30-21-25(31-18(2)20-12-8-5-9-13-20)32-29(33-27(21)38)37(17-40)15-14-19-10-6-4-7-11-19/h4-13,16,18,22-24,28,40-42H,3,14-15,17H2,1-2H3,(H,31,32,33)/t18?,22-,23+,24-,28+/m0/s1. The molecule has 5 atom stereocenters. The van der Waals surface area contributed by atoms with Crippen LogP contribution in [0.1, 0.15) is 49.2 Å². The van der Waals surface area contributed by atoms with Gasteiger partial charge in [0.15, 0.2) is 29.3 Å². The summed E-state index contributed by atoms with van der Waals surface area (Å²) in [6.07, 6.45) is -2.54. The number of imidazole rings is 1. The van der Waals surface area contributed by atoms with Gasteiger partial charge in [0.25, 0.3) is 0 Å². The number of aliphatic hydroxyl groups excluding tert-OH is 3. The van der Waals surface area contributed by atoms with E-state index in [4.69, 9.17) is 14.7 Å². The van der Waals surface area contributed by atoms with Crippen molar-refractivity contribution in [2.45, 2.75) is 57.4 Å². The number of ether oxygens (including phenoxy) is 1.